The van der Waals surface area contributed by atoms with Gasteiger partial charge in [-0.3, -0.25) is 4.79 Å². The van der Waals surface area contributed by atoms with Crippen LogP contribution in [0.25, 0.3) is 0 Å². The summed E-state index contributed by atoms with van der Waals surface area (Å²) >= 11 is 1.73. The van der Waals surface area contributed by atoms with Crippen molar-refractivity contribution < 1.29 is 9.53 Å². The van der Waals surface area contributed by atoms with Crippen LogP contribution in [0.2, 0.25) is 0 Å². The minimum absolute atomic E-state index is 0.281. The van der Waals surface area contributed by atoms with Crippen molar-refractivity contribution in [2.24, 2.45) is 5.92 Å². The topological polar surface area (TPSA) is 29.5 Å². The Morgan fingerprint density at radius 3 is 3.04 bits per heavy atom. The van der Waals surface area contributed by atoms with Crippen molar-refractivity contribution in [2.45, 2.75) is 32.6 Å². The molecule has 2 aromatic rings. The monoisotopic (exact) mass is 343 g/mol. The Labute approximate surface area is 148 Å². The number of hydrogen-bond donors (Lipinski definition) is 0. The molecule has 1 aliphatic rings. The molecule has 1 aliphatic heterocycles. The summed E-state index contributed by atoms with van der Waals surface area (Å²) in [6.45, 7) is 4.49. The predicted molar refractivity (Wildman–Crippen MR) is 98.6 cm³/mol. The van der Waals surface area contributed by atoms with E-state index in [9.17, 15) is 4.79 Å². The Bertz CT molecular complexity index is 653. The van der Waals surface area contributed by atoms with Crippen LogP contribution in [0.1, 0.15) is 29.7 Å². The van der Waals surface area contributed by atoms with Gasteiger partial charge in [0, 0.05) is 30.3 Å². The minimum Gasteiger partial charge on any atom is -0.493 e. The zero-order chi connectivity index (χ0) is 16.8. The van der Waals surface area contributed by atoms with Crippen LogP contribution < -0.4 is 4.74 Å². The Balaban J connectivity index is 1.46. The molecule has 0 radical (unpaired) electrons. The number of ether oxygens (including phenoxy) is 1. The third-order valence-corrected chi connectivity index (χ3v) is 5.45. The fourth-order valence-electron chi connectivity index (χ4n) is 3.19. The minimum atomic E-state index is 0.281. The molecule has 0 aliphatic carbocycles. The molecule has 0 spiro atoms. The van der Waals surface area contributed by atoms with Gasteiger partial charge in [-0.2, -0.15) is 0 Å². The van der Waals surface area contributed by atoms with E-state index in [0.717, 1.165) is 38.1 Å². The Morgan fingerprint density at radius 1 is 1.33 bits per heavy atom. The molecule has 1 aromatic carbocycles. The van der Waals surface area contributed by atoms with Gasteiger partial charge in [0.1, 0.15) is 5.75 Å². The zero-order valence-electron chi connectivity index (χ0n) is 14.2. The molecule has 1 unspecified atom stereocenters. The summed E-state index contributed by atoms with van der Waals surface area (Å²) in [5.74, 6) is 1.64. The third kappa shape index (κ3) is 4.84. The third-order valence-electron chi connectivity index (χ3n) is 4.51. The zero-order valence-corrected chi connectivity index (χ0v) is 15.1. The van der Waals surface area contributed by atoms with Crippen LogP contribution in [0.4, 0.5) is 0 Å². The molecule has 1 amide bonds. The normalized spacial score (nSPS) is 17.7. The van der Waals surface area contributed by atoms with E-state index in [2.05, 4.69) is 30.5 Å². The first-order valence-corrected chi connectivity index (χ1v) is 9.58. The maximum absolute atomic E-state index is 12.4. The van der Waals surface area contributed by atoms with Crippen LogP contribution >= 0.6 is 11.3 Å². The van der Waals surface area contributed by atoms with E-state index in [1.54, 1.807) is 11.3 Å². The number of carbonyl (C=O) groups excluding carboxylic acids is 1. The van der Waals surface area contributed by atoms with Crippen LogP contribution in [0.15, 0.2) is 41.8 Å². The first-order chi connectivity index (χ1) is 11.7. The lowest BCUT2D eigenvalue weighted by atomic mass is 9.98. The van der Waals surface area contributed by atoms with Crippen molar-refractivity contribution >= 4 is 17.2 Å². The molecular weight excluding hydrogens is 318 g/mol. The number of nitrogens with zero attached hydrogens (tertiary/aromatic N) is 1. The first kappa shape index (κ1) is 17.0. The second kappa shape index (κ2) is 8.34. The number of likely N-dealkylation sites (tertiary alicyclic amines) is 1. The fourth-order valence-corrected chi connectivity index (χ4v) is 3.90. The van der Waals surface area contributed by atoms with Crippen molar-refractivity contribution in [3.8, 4) is 5.75 Å². The van der Waals surface area contributed by atoms with Crippen molar-refractivity contribution in [3.05, 3.63) is 52.2 Å². The maximum Gasteiger partial charge on any atom is 0.222 e. The van der Waals surface area contributed by atoms with Gasteiger partial charge in [0.05, 0.1) is 6.61 Å². The summed E-state index contributed by atoms with van der Waals surface area (Å²) in [5.41, 5.74) is 1.21. The number of aryl methyl sites for hydroxylation is 2. The molecule has 1 saturated heterocycles. The number of hydrogen-bond acceptors (Lipinski definition) is 3. The average Bonchev–Trinajstić information content (AvgIpc) is 3.12. The van der Waals surface area contributed by atoms with E-state index in [0.29, 0.717) is 18.9 Å². The van der Waals surface area contributed by atoms with E-state index < -0.39 is 0 Å². The second-order valence-corrected chi connectivity index (χ2v) is 7.59. The van der Waals surface area contributed by atoms with Gasteiger partial charge in [-0.15, -0.1) is 11.3 Å². The molecule has 2 heterocycles. The highest BCUT2D eigenvalue weighted by molar-refractivity contribution is 7.09. The van der Waals surface area contributed by atoms with Crippen LogP contribution in [-0.4, -0.2) is 30.5 Å². The molecule has 24 heavy (non-hydrogen) atoms. The lowest BCUT2D eigenvalue weighted by Crippen LogP contribution is -2.41. The van der Waals surface area contributed by atoms with Gasteiger partial charge in [0.15, 0.2) is 0 Å². The highest BCUT2D eigenvalue weighted by atomic mass is 32.1. The number of amides is 1. The molecule has 4 heteroatoms. The van der Waals surface area contributed by atoms with Gasteiger partial charge in [-0.1, -0.05) is 18.2 Å². The lowest BCUT2D eigenvalue weighted by Gasteiger charge is -2.32. The summed E-state index contributed by atoms with van der Waals surface area (Å²) < 4.78 is 5.94. The highest BCUT2D eigenvalue weighted by Gasteiger charge is 2.24. The number of rotatable bonds is 6. The molecule has 1 fully saturated rings. The van der Waals surface area contributed by atoms with Crippen LogP contribution in [0.5, 0.6) is 5.75 Å². The first-order valence-electron chi connectivity index (χ1n) is 8.70. The second-order valence-electron chi connectivity index (χ2n) is 6.55. The Morgan fingerprint density at radius 2 is 2.25 bits per heavy atom. The lowest BCUT2D eigenvalue weighted by molar-refractivity contribution is -0.133. The van der Waals surface area contributed by atoms with E-state index in [4.69, 9.17) is 4.74 Å². The molecule has 3 rings (SSSR count). The smallest absolute Gasteiger partial charge is 0.222 e. The van der Waals surface area contributed by atoms with Crippen LogP contribution in [0, 0.1) is 12.8 Å². The largest absolute Gasteiger partial charge is 0.493 e. The summed E-state index contributed by atoms with van der Waals surface area (Å²) in [7, 11) is 0. The number of carbonyl (C=O) groups is 1. The molecular formula is C20H25NO2S. The molecule has 1 atom stereocenters. The molecule has 0 bridgehead atoms. The van der Waals surface area contributed by atoms with Gasteiger partial charge in [-0.25, -0.2) is 0 Å². The van der Waals surface area contributed by atoms with E-state index in [1.165, 1.54) is 10.4 Å². The molecule has 0 saturated carbocycles. The van der Waals surface area contributed by atoms with Gasteiger partial charge < -0.3 is 9.64 Å². The molecule has 3 nitrogen and oxygen atoms in total. The molecule has 0 N–H and O–H groups in total. The average molecular weight is 343 g/mol. The summed E-state index contributed by atoms with van der Waals surface area (Å²) in [6.07, 6.45) is 3.69. The SMILES string of the molecule is Cc1cccc(OCC2CCCN(C(=O)CCc3cccs3)C2)c1. The summed E-state index contributed by atoms with van der Waals surface area (Å²) in [6, 6.07) is 12.3. The standard InChI is InChI=1S/C20H25NO2S/c1-16-5-2-7-18(13-16)23-15-17-6-3-11-21(14-17)20(22)10-9-19-8-4-12-24-19/h2,4-5,7-8,12-13,17H,3,6,9-11,14-15H2,1H3. The summed E-state index contributed by atoms with van der Waals surface area (Å²) in [5, 5.41) is 2.07. The van der Waals surface area contributed by atoms with Gasteiger partial charge in [-0.05, 0) is 55.3 Å². The van der Waals surface area contributed by atoms with Crippen molar-refractivity contribution in [1.82, 2.24) is 4.90 Å². The van der Waals surface area contributed by atoms with E-state index in [1.807, 2.05) is 23.1 Å². The van der Waals surface area contributed by atoms with Crippen molar-refractivity contribution in [2.75, 3.05) is 19.7 Å². The summed E-state index contributed by atoms with van der Waals surface area (Å²) in [4.78, 5) is 15.8. The number of benzene rings is 1. The fraction of sp³-hybridized carbons (Fsp3) is 0.450. The number of thiophene rings is 1. The van der Waals surface area contributed by atoms with Crippen LogP contribution in [-0.2, 0) is 11.2 Å². The van der Waals surface area contributed by atoms with Gasteiger partial charge in [0.2, 0.25) is 5.91 Å². The van der Waals surface area contributed by atoms with Crippen LogP contribution in [0.3, 0.4) is 0 Å². The quantitative estimate of drug-likeness (QED) is 0.782. The van der Waals surface area contributed by atoms with Gasteiger partial charge in [0.25, 0.3) is 0 Å². The maximum atomic E-state index is 12.4. The Kier molecular flexibility index (Phi) is 5.91. The number of piperidine rings is 1. The van der Waals surface area contributed by atoms with Crippen molar-refractivity contribution in [3.63, 3.8) is 0 Å². The van der Waals surface area contributed by atoms with E-state index >= 15 is 0 Å². The molecule has 1 aromatic heterocycles. The Hall–Kier alpha value is -1.81. The van der Waals surface area contributed by atoms with Gasteiger partial charge >= 0.3 is 0 Å². The van der Waals surface area contributed by atoms with E-state index in [-0.39, 0.29) is 5.91 Å². The molecule has 128 valence electrons. The van der Waals surface area contributed by atoms with Crippen molar-refractivity contribution in [1.29, 1.82) is 0 Å². The predicted octanol–water partition coefficient (Wildman–Crippen LogP) is 4.31. The highest BCUT2D eigenvalue weighted by Crippen LogP contribution is 2.21.